The van der Waals surface area contributed by atoms with Gasteiger partial charge in [0, 0.05) is 18.1 Å². The van der Waals surface area contributed by atoms with E-state index in [1.165, 1.54) is 13.2 Å². The van der Waals surface area contributed by atoms with Crippen molar-refractivity contribution >= 4 is 10.8 Å². The van der Waals surface area contributed by atoms with Crippen molar-refractivity contribution in [1.82, 2.24) is 0 Å². The van der Waals surface area contributed by atoms with Gasteiger partial charge in [-0.3, -0.25) is 0 Å². The Morgan fingerprint density at radius 2 is 1.77 bits per heavy atom. The highest BCUT2D eigenvalue weighted by molar-refractivity contribution is 5.97. The van der Waals surface area contributed by atoms with Crippen LogP contribution < -0.4 is 9.47 Å². The molecule has 3 aromatic carbocycles. The zero-order valence-corrected chi connectivity index (χ0v) is 15.3. The molecule has 136 valence electrons. The first-order chi connectivity index (χ1) is 12.7. The van der Waals surface area contributed by atoms with Gasteiger partial charge in [0.25, 0.3) is 0 Å². The van der Waals surface area contributed by atoms with Crippen LogP contribution in [-0.2, 0) is 11.2 Å². The van der Waals surface area contributed by atoms with Crippen LogP contribution in [0.25, 0.3) is 21.9 Å². The fraction of sp³-hybridized carbons (Fsp3) is 0.273. The lowest BCUT2D eigenvalue weighted by Gasteiger charge is -2.19. The quantitative estimate of drug-likeness (QED) is 0.518. The van der Waals surface area contributed by atoms with E-state index >= 15 is 0 Å². The molecule has 3 aromatic rings. The topological polar surface area (TPSA) is 27.7 Å². The molecule has 0 spiro atoms. The van der Waals surface area contributed by atoms with Gasteiger partial charge in [0.15, 0.2) is 18.4 Å². The highest BCUT2D eigenvalue weighted by Gasteiger charge is 2.18. The van der Waals surface area contributed by atoms with Crippen molar-refractivity contribution < 1.29 is 18.6 Å². The second kappa shape index (κ2) is 8.19. The van der Waals surface area contributed by atoms with Crippen LogP contribution in [0, 0.1) is 5.82 Å². The number of hydrogen-bond donors (Lipinski definition) is 0. The summed E-state index contributed by atoms with van der Waals surface area (Å²) in [5.74, 6) is 0.454. The van der Waals surface area contributed by atoms with Gasteiger partial charge in [-0.1, -0.05) is 49.7 Å². The van der Waals surface area contributed by atoms with E-state index in [1.54, 1.807) is 13.2 Å². The molecule has 4 heteroatoms. The van der Waals surface area contributed by atoms with E-state index in [0.717, 1.165) is 34.9 Å². The molecule has 0 aromatic heterocycles. The minimum atomic E-state index is -0.412. The molecule has 0 heterocycles. The summed E-state index contributed by atoms with van der Waals surface area (Å²) in [7, 11) is 3.04. The molecule has 0 saturated heterocycles. The molecule has 0 aliphatic rings. The second-order valence-corrected chi connectivity index (χ2v) is 6.11. The minimum absolute atomic E-state index is 0.0954. The molecule has 0 amide bonds. The Labute approximate surface area is 153 Å². The average molecular weight is 354 g/mol. The van der Waals surface area contributed by atoms with E-state index in [0.29, 0.717) is 11.1 Å². The van der Waals surface area contributed by atoms with E-state index in [-0.39, 0.29) is 12.5 Å². The number of halogens is 1. The molecule has 3 nitrogen and oxygen atoms in total. The summed E-state index contributed by atoms with van der Waals surface area (Å²) in [6.07, 6.45) is 1.89. The lowest BCUT2D eigenvalue weighted by atomic mass is 9.91. The molecule has 0 fully saturated rings. The lowest BCUT2D eigenvalue weighted by Crippen LogP contribution is -2.04. The zero-order valence-electron chi connectivity index (χ0n) is 15.3. The van der Waals surface area contributed by atoms with Crippen molar-refractivity contribution in [2.75, 3.05) is 21.0 Å². The summed E-state index contributed by atoms with van der Waals surface area (Å²) in [5.41, 5.74) is 3.19. The Bertz CT molecular complexity index is 891. The summed E-state index contributed by atoms with van der Waals surface area (Å²) < 4.78 is 30.6. The maximum absolute atomic E-state index is 14.4. The monoisotopic (exact) mass is 354 g/mol. The van der Waals surface area contributed by atoms with Gasteiger partial charge in [-0.05, 0) is 35.1 Å². The van der Waals surface area contributed by atoms with Crippen LogP contribution in [0.2, 0.25) is 0 Å². The number of aryl methyl sites for hydroxylation is 1. The molecule has 0 atom stereocenters. The molecule has 0 aliphatic carbocycles. The first-order valence-electron chi connectivity index (χ1n) is 8.69. The molecule has 3 rings (SSSR count). The standard InChI is InChI=1S/C22H23FO3/c1-4-8-16-11-17-12-20(25-3)19(23)13-18(17)22(26-14-24-2)21(16)15-9-6-5-7-10-15/h5-7,9-13H,4,8,14H2,1-3H3. The number of rotatable bonds is 7. The molecule has 0 unspecified atom stereocenters. The SMILES string of the molecule is CCCc1cc2cc(OC)c(F)cc2c(OCOC)c1-c1ccccc1. The zero-order chi connectivity index (χ0) is 18.5. The smallest absolute Gasteiger partial charge is 0.188 e. The van der Waals surface area contributed by atoms with Gasteiger partial charge in [-0.15, -0.1) is 0 Å². The summed E-state index contributed by atoms with van der Waals surface area (Å²) >= 11 is 0. The third-order valence-corrected chi connectivity index (χ3v) is 4.35. The van der Waals surface area contributed by atoms with Crippen LogP contribution in [0.1, 0.15) is 18.9 Å². The summed E-state index contributed by atoms with van der Waals surface area (Å²) in [6.45, 7) is 2.23. The molecule has 26 heavy (non-hydrogen) atoms. The largest absolute Gasteiger partial charge is 0.494 e. The lowest BCUT2D eigenvalue weighted by molar-refractivity contribution is 0.0526. The van der Waals surface area contributed by atoms with Gasteiger partial charge in [-0.25, -0.2) is 4.39 Å². The van der Waals surface area contributed by atoms with Gasteiger partial charge in [0.1, 0.15) is 5.75 Å². The average Bonchev–Trinajstić information content (AvgIpc) is 2.66. The van der Waals surface area contributed by atoms with Crippen molar-refractivity contribution in [2.45, 2.75) is 19.8 Å². The number of hydrogen-bond acceptors (Lipinski definition) is 3. The number of ether oxygens (including phenoxy) is 3. The van der Waals surface area contributed by atoms with Crippen molar-refractivity contribution in [1.29, 1.82) is 0 Å². The van der Waals surface area contributed by atoms with E-state index < -0.39 is 5.82 Å². The highest BCUT2D eigenvalue weighted by atomic mass is 19.1. The third kappa shape index (κ3) is 3.51. The van der Waals surface area contributed by atoms with Crippen LogP contribution in [0.3, 0.4) is 0 Å². The van der Waals surface area contributed by atoms with Crippen LogP contribution in [-0.4, -0.2) is 21.0 Å². The summed E-state index contributed by atoms with van der Waals surface area (Å²) in [6, 6.07) is 15.3. The van der Waals surface area contributed by atoms with Gasteiger partial charge in [-0.2, -0.15) is 0 Å². The number of methoxy groups -OCH3 is 2. The van der Waals surface area contributed by atoms with Crippen LogP contribution in [0.4, 0.5) is 4.39 Å². The van der Waals surface area contributed by atoms with E-state index in [9.17, 15) is 4.39 Å². The fourth-order valence-electron chi connectivity index (χ4n) is 3.24. The van der Waals surface area contributed by atoms with Gasteiger partial charge in [0.2, 0.25) is 0 Å². The van der Waals surface area contributed by atoms with Gasteiger partial charge >= 0.3 is 0 Å². The highest BCUT2D eigenvalue weighted by Crippen LogP contribution is 2.42. The Hall–Kier alpha value is -2.59. The predicted octanol–water partition coefficient (Wildman–Crippen LogP) is 5.59. The van der Waals surface area contributed by atoms with Crippen LogP contribution in [0.15, 0.2) is 48.5 Å². The third-order valence-electron chi connectivity index (χ3n) is 4.35. The molecule has 0 bridgehead atoms. The van der Waals surface area contributed by atoms with Crippen LogP contribution in [0.5, 0.6) is 11.5 Å². The van der Waals surface area contributed by atoms with E-state index in [1.807, 2.05) is 30.3 Å². The molecule has 0 radical (unpaired) electrons. The maximum atomic E-state index is 14.4. The van der Waals surface area contributed by atoms with Crippen molar-refractivity contribution in [3.05, 3.63) is 59.9 Å². The maximum Gasteiger partial charge on any atom is 0.188 e. The van der Waals surface area contributed by atoms with Gasteiger partial charge in [0.05, 0.1) is 7.11 Å². The minimum Gasteiger partial charge on any atom is -0.494 e. The molecule has 0 N–H and O–H groups in total. The number of fused-ring (bicyclic) bond motifs is 1. The predicted molar refractivity (Wildman–Crippen MR) is 102 cm³/mol. The molecule has 0 saturated carbocycles. The van der Waals surface area contributed by atoms with Crippen molar-refractivity contribution in [2.24, 2.45) is 0 Å². The second-order valence-electron chi connectivity index (χ2n) is 6.11. The Kier molecular flexibility index (Phi) is 5.74. The van der Waals surface area contributed by atoms with E-state index in [4.69, 9.17) is 14.2 Å². The molecular weight excluding hydrogens is 331 g/mol. The normalized spacial score (nSPS) is 10.9. The van der Waals surface area contributed by atoms with E-state index in [2.05, 4.69) is 13.0 Å². The van der Waals surface area contributed by atoms with Crippen LogP contribution >= 0.6 is 0 Å². The first kappa shape index (κ1) is 18.2. The van der Waals surface area contributed by atoms with Crippen molar-refractivity contribution in [3.8, 4) is 22.6 Å². The molecule has 0 aliphatic heterocycles. The summed E-state index contributed by atoms with van der Waals surface area (Å²) in [4.78, 5) is 0. The number of benzene rings is 3. The Morgan fingerprint density at radius 1 is 1.00 bits per heavy atom. The Morgan fingerprint density at radius 3 is 2.42 bits per heavy atom. The van der Waals surface area contributed by atoms with Crippen molar-refractivity contribution in [3.63, 3.8) is 0 Å². The fourth-order valence-corrected chi connectivity index (χ4v) is 3.24. The Balaban J connectivity index is 2.35. The summed E-state index contributed by atoms with van der Waals surface area (Å²) in [5, 5.41) is 1.59. The van der Waals surface area contributed by atoms with Gasteiger partial charge < -0.3 is 14.2 Å². The molecular formula is C22H23FO3. The first-order valence-corrected chi connectivity index (χ1v) is 8.69.